The first-order valence-electron chi connectivity index (χ1n) is 6.61. The molecule has 5 heteroatoms. The van der Waals surface area contributed by atoms with Crippen LogP contribution < -0.4 is 11.1 Å². The van der Waals surface area contributed by atoms with Crippen molar-refractivity contribution in [1.29, 1.82) is 0 Å². The van der Waals surface area contributed by atoms with E-state index >= 15 is 0 Å². The number of halogens is 1. The third kappa shape index (κ3) is 3.80. The molecule has 3 N–H and O–H groups in total. The van der Waals surface area contributed by atoms with Crippen LogP contribution in [0, 0.1) is 17.7 Å². The lowest BCUT2D eigenvalue weighted by Crippen LogP contribution is -2.33. The van der Waals surface area contributed by atoms with Crippen LogP contribution in [0.15, 0.2) is 18.2 Å². The number of hydrogen-bond acceptors (Lipinski definition) is 3. The smallest absolute Gasteiger partial charge is 0.253 e. The van der Waals surface area contributed by atoms with Gasteiger partial charge in [-0.25, -0.2) is 4.39 Å². The molecule has 1 amide bonds. The third-order valence-electron chi connectivity index (χ3n) is 3.03. The van der Waals surface area contributed by atoms with Gasteiger partial charge in [0.1, 0.15) is 11.9 Å². The number of carbonyl (C=O) groups excluding carboxylic acids is 1. The maximum absolute atomic E-state index is 13.5. The second kappa shape index (κ2) is 7.04. The molecule has 1 aliphatic heterocycles. The first kappa shape index (κ1) is 14.5. The van der Waals surface area contributed by atoms with Crippen LogP contribution in [0.2, 0.25) is 0 Å². The van der Waals surface area contributed by atoms with Crippen LogP contribution in [0.3, 0.4) is 0 Å². The van der Waals surface area contributed by atoms with E-state index in [0.29, 0.717) is 18.7 Å². The van der Waals surface area contributed by atoms with E-state index in [0.717, 1.165) is 12.8 Å². The molecule has 0 radical (unpaired) electrons. The summed E-state index contributed by atoms with van der Waals surface area (Å²) in [5, 5.41) is 2.73. The van der Waals surface area contributed by atoms with Gasteiger partial charge in [0.25, 0.3) is 5.91 Å². The van der Waals surface area contributed by atoms with Crippen molar-refractivity contribution in [2.24, 2.45) is 5.73 Å². The lowest BCUT2D eigenvalue weighted by molar-refractivity contribution is -0.129. The summed E-state index contributed by atoms with van der Waals surface area (Å²) in [6.45, 7) is 0.765. The van der Waals surface area contributed by atoms with Gasteiger partial charge in [0, 0.05) is 12.3 Å². The molecule has 0 aromatic heterocycles. The standard InChI is InChI=1S/C15H17FN2O2/c16-13-7-6-12(10-11(13)4-3-8-17)18-15(19)14-5-1-2-9-20-14/h6-7,10,14H,1-2,5,8-9,17H2,(H,18,19). The summed E-state index contributed by atoms with van der Waals surface area (Å²) in [7, 11) is 0. The molecule has 1 aromatic rings. The van der Waals surface area contributed by atoms with Crippen LogP contribution in [0.4, 0.5) is 10.1 Å². The van der Waals surface area contributed by atoms with Gasteiger partial charge in [-0.1, -0.05) is 11.8 Å². The van der Waals surface area contributed by atoms with Gasteiger partial charge in [0.05, 0.1) is 12.1 Å². The molecular weight excluding hydrogens is 259 g/mol. The summed E-state index contributed by atoms with van der Waals surface area (Å²) < 4.78 is 18.9. The Hall–Kier alpha value is -1.90. The largest absolute Gasteiger partial charge is 0.368 e. The van der Waals surface area contributed by atoms with Crippen molar-refractivity contribution in [3.8, 4) is 11.8 Å². The Morgan fingerprint density at radius 2 is 2.35 bits per heavy atom. The van der Waals surface area contributed by atoms with Crippen LogP contribution in [-0.2, 0) is 9.53 Å². The Morgan fingerprint density at radius 3 is 3.05 bits per heavy atom. The van der Waals surface area contributed by atoms with Crippen LogP contribution in [0.1, 0.15) is 24.8 Å². The van der Waals surface area contributed by atoms with Crippen LogP contribution in [0.5, 0.6) is 0 Å². The van der Waals surface area contributed by atoms with Crippen molar-refractivity contribution in [1.82, 2.24) is 0 Å². The zero-order valence-electron chi connectivity index (χ0n) is 11.1. The number of anilines is 1. The minimum atomic E-state index is -0.433. The number of nitrogens with two attached hydrogens (primary N) is 1. The molecule has 1 heterocycles. The molecule has 0 bridgehead atoms. The Balaban J connectivity index is 2.07. The topological polar surface area (TPSA) is 64.3 Å². The molecule has 4 nitrogen and oxygen atoms in total. The minimum Gasteiger partial charge on any atom is -0.368 e. The molecular formula is C15H17FN2O2. The van der Waals surface area contributed by atoms with Gasteiger partial charge in [-0.15, -0.1) is 0 Å². The van der Waals surface area contributed by atoms with Gasteiger partial charge in [0.2, 0.25) is 0 Å². The SMILES string of the molecule is NCC#Cc1cc(NC(=O)C2CCCCO2)ccc1F. The molecule has 1 aliphatic rings. The summed E-state index contributed by atoms with van der Waals surface area (Å²) >= 11 is 0. The lowest BCUT2D eigenvalue weighted by atomic mass is 10.1. The summed E-state index contributed by atoms with van der Waals surface area (Å²) in [6, 6.07) is 4.28. The molecule has 106 valence electrons. The zero-order valence-corrected chi connectivity index (χ0v) is 11.1. The van der Waals surface area contributed by atoms with Crippen molar-refractivity contribution in [2.45, 2.75) is 25.4 Å². The number of benzene rings is 1. The van der Waals surface area contributed by atoms with Gasteiger partial charge in [0.15, 0.2) is 0 Å². The van der Waals surface area contributed by atoms with Gasteiger partial charge in [-0.05, 0) is 37.5 Å². The molecule has 1 aromatic carbocycles. The van der Waals surface area contributed by atoms with Gasteiger partial charge < -0.3 is 15.8 Å². The van der Waals surface area contributed by atoms with E-state index in [9.17, 15) is 9.18 Å². The molecule has 1 unspecified atom stereocenters. The van der Waals surface area contributed by atoms with E-state index < -0.39 is 11.9 Å². The summed E-state index contributed by atoms with van der Waals surface area (Å²) in [5.41, 5.74) is 5.99. The number of nitrogens with one attached hydrogen (secondary N) is 1. The normalized spacial score (nSPS) is 18.0. The fraction of sp³-hybridized carbons (Fsp3) is 0.400. The monoisotopic (exact) mass is 276 g/mol. The molecule has 0 saturated carbocycles. The highest BCUT2D eigenvalue weighted by Crippen LogP contribution is 2.17. The minimum absolute atomic E-state index is 0.159. The van der Waals surface area contributed by atoms with Crippen molar-refractivity contribution in [2.75, 3.05) is 18.5 Å². The Morgan fingerprint density at radius 1 is 1.50 bits per heavy atom. The molecule has 1 saturated heterocycles. The average molecular weight is 276 g/mol. The number of ether oxygens (including phenoxy) is 1. The van der Waals surface area contributed by atoms with Crippen LogP contribution >= 0.6 is 0 Å². The first-order valence-corrected chi connectivity index (χ1v) is 6.61. The Bertz CT molecular complexity index is 543. The molecule has 2 rings (SSSR count). The van der Waals surface area contributed by atoms with Crippen molar-refractivity contribution in [3.63, 3.8) is 0 Å². The summed E-state index contributed by atoms with van der Waals surface area (Å²) in [6.07, 6.45) is 2.26. The molecule has 0 spiro atoms. The third-order valence-corrected chi connectivity index (χ3v) is 3.03. The Kier molecular flexibility index (Phi) is 5.10. The highest BCUT2D eigenvalue weighted by Gasteiger charge is 2.22. The van der Waals surface area contributed by atoms with E-state index in [1.165, 1.54) is 18.2 Å². The van der Waals surface area contributed by atoms with E-state index in [-0.39, 0.29) is 18.0 Å². The highest BCUT2D eigenvalue weighted by atomic mass is 19.1. The number of hydrogen-bond donors (Lipinski definition) is 2. The Labute approximate surface area is 117 Å². The molecule has 1 atom stereocenters. The van der Waals surface area contributed by atoms with Crippen LogP contribution in [-0.4, -0.2) is 25.2 Å². The predicted octanol–water partition coefficient (Wildman–Crippen LogP) is 1.64. The van der Waals surface area contributed by atoms with E-state index in [4.69, 9.17) is 10.5 Å². The summed E-state index contributed by atoms with van der Waals surface area (Å²) in [4.78, 5) is 12.0. The fourth-order valence-electron chi connectivity index (χ4n) is 2.02. The van der Waals surface area contributed by atoms with E-state index in [1.54, 1.807) is 0 Å². The lowest BCUT2D eigenvalue weighted by Gasteiger charge is -2.21. The van der Waals surface area contributed by atoms with Gasteiger partial charge >= 0.3 is 0 Å². The second-order valence-corrected chi connectivity index (χ2v) is 4.54. The number of rotatable bonds is 2. The highest BCUT2D eigenvalue weighted by molar-refractivity contribution is 5.94. The van der Waals surface area contributed by atoms with Crippen molar-refractivity contribution < 1.29 is 13.9 Å². The average Bonchev–Trinajstić information content (AvgIpc) is 2.48. The van der Waals surface area contributed by atoms with Crippen molar-refractivity contribution >= 4 is 11.6 Å². The van der Waals surface area contributed by atoms with Crippen LogP contribution in [0.25, 0.3) is 0 Å². The fourth-order valence-corrected chi connectivity index (χ4v) is 2.02. The maximum atomic E-state index is 13.5. The van der Waals surface area contributed by atoms with E-state index in [1.807, 2.05) is 0 Å². The quantitative estimate of drug-likeness (QED) is 0.807. The zero-order chi connectivity index (χ0) is 14.4. The number of carbonyl (C=O) groups is 1. The first-order chi connectivity index (χ1) is 9.70. The molecule has 0 aliphatic carbocycles. The molecule has 1 fully saturated rings. The van der Waals surface area contributed by atoms with Gasteiger partial charge in [-0.2, -0.15) is 0 Å². The van der Waals surface area contributed by atoms with Gasteiger partial charge in [-0.3, -0.25) is 4.79 Å². The summed E-state index contributed by atoms with van der Waals surface area (Å²) in [5.74, 6) is 4.59. The maximum Gasteiger partial charge on any atom is 0.253 e. The second-order valence-electron chi connectivity index (χ2n) is 4.54. The number of amides is 1. The predicted molar refractivity (Wildman–Crippen MR) is 74.6 cm³/mol. The van der Waals surface area contributed by atoms with Crippen molar-refractivity contribution in [3.05, 3.63) is 29.6 Å². The van der Waals surface area contributed by atoms with E-state index in [2.05, 4.69) is 17.2 Å². The molecule has 20 heavy (non-hydrogen) atoms.